The maximum atomic E-state index is 11.8. The van der Waals surface area contributed by atoms with Crippen LogP contribution < -0.4 is 5.32 Å². The average molecular weight is 382 g/mol. The van der Waals surface area contributed by atoms with Gasteiger partial charge in [-0.25, -0.2) is 4.79 Å². The highest BCUT2D eigenvalue weighted by molar-refractivity contribution is 6.01. The number of hydrogen-bond donors (Lipinski definition) is 1. The number of imide groups is 1. The molecule has 1 aliphatic rings. The predicted molar refractivity (Wildman–Crippen MR) is 89.1 cm³/mol. The number of rotatable bonds is 9. The molecular weight excluding hydrogens is 360 g/mol. The Morgan fingerprint density at radius 2 is 1.78 bits per heavy atom. The molecule has 1 rings (SSSR count). The largest absolute Gasteiger partial charge is 0.537 e. The summed E-state index contributed by atoms with van der Waals surface area (Å²) in [4.78, 5) is 61.8. The summed E-state index contributed by atoms with van der Waals surface area (Å²) < 4.78 is 9.96. The molecule has 1 heterocycles. The van der Waals surface area contributed by atoms with Gasteiger partial charge in [0.1, 0.15) is 0 Å². The Morgan fingerprint density at radius 3 is 2.33 bits per heavy atom. The minimum Gasteiger partial charge on any atom is -0.425 e. The van der Waals surface area contributed by atoms with Gasteiger partial charge in [-0.05, 0) is 18.8 Å². The molecule has 10 nitrogen and oxygen atoms in total. The Morgan fingerprint density at radius 1 is 1.15 bits per heavy atom. The van der Waals surface area contributed by atoms with Crippen LogP contribution in [0.25, 0.3) is 0 Å². The molecule has 10 heteroatoms. The second-order valence-corrected chi connectivity index (χ2v) is 6.00. The number of carbonyl (C=O) groups is 5. The van der Waals surface area contributed by atoms with Crippen molar-refractivity contribution in [3.63, 3.8) is 0 Å². The first-order chi connectivity index (χ1) is 12.7. The van der Waals surface area contributed by atoms with Crippen molar-refractivity contribution < 1.29 is 38.3 Å². The Balaban J connectivity index is 2.37. The van der Waals surface area contributed by atoms with E-state index >= 15 is 0 Å². The molecule has 1 aliphatic heterocycles. The summed E-state index contributed by atoms with van der Waals surface area (Å²) in [6, 6.07) is 0. The summed E-state index contributed by atoms with van der Waals surface area (Å²) in [5.41, 5.74) is 0. The quantitative estimate of drug-likeness (QED) is 0.202. The fourth-order valence-electron chi connectivity index (χ4n) is 1.98. The Labute approximate surface area is 156 Å². The third kappa shape index (κ3) is 7.77. The summed E-state index contributed by atoms with van der Waals surface area (Å²) in [5, 5.41) is 2.80. The van der Waals surface area contributed by atoms with E-state index in [1.165, 1.54) is 0 Å². The monoisotopic (exact) mass is 382 g/mol. The molecule has 1 saturated heterocycles. The molecule has 0 spiro atoms. The molecular formula is C17H22N2O8. The normalized spacial score (nSPS) is 14.5. The number of nitrogens with one attached hydrogen (secondary N) is 1. The molecule has 3 amide bonds. The number of amides is 3. The van der Waals surface area contributed by atoms with Gasteiger partial charge in [0.2, 0.25) is 0 Å². The number of carbonyl (C=O) groups excluding carboxylic acids is 5. The molecule has 0 aromatic heterocycles. The van der Waals surface area contributed by atoms with Gasteiger partial charge in [0, 0.05) is 31.7 Å². The lowest BCUT2D eigenvalue weighted by Gasteiger charge is -2.22. The van der Waals surface area contributed by atoms with Crippen LogP contribution in [0.3, 0.4) is 0 Å². The Hall–Kier alpha value is -3.09. The first kappa shape index (κ1) is 22.0. The van der Waals surface area contributed by atoms with E-state index < -0.39 is 36.1 Å². The van der Waals surface area contributed by atoms with Crippen LogP contribution in [0.2, 0.25) is 0 Å². The third-order valence-corrected chi connectivity index (χ3v) is 3.40. The van der Waals surface area contributed by atoms with Crippen molar-refractivity contribution in [3.05, 3.63) is 0 Å². The van der Waals surface area contributed by atoms with E-state index in [1.807, 2.05) is 5.92 Å². The van der Waals surface area contributed by atoms with Crippen molar-refractivity contribution >= 4 is 29.8 Å². The zero-order valence-electron chi connectivity index (χ0n) is 15.2. The standard InChI is InChI=1S/C17H22N2O8/c1-4-12(20)18-10-6-5-7-15(23)25-16(11(2)3)26-17(24)27-19-13(21)8-9-14(19)22/h1,11,16H,5-10H2,2-3H3,(H,18,20). The second-order valence-electron chi connectivity index (χ2n) is 6.00. The maximum Gasteiger partial charge on any atom is 0.537 e. The molecule has 0 bridgehead atoms. The molecule has 1 unspecified atom stereocenters. The van der Waals surface area contributed by atoms with Crippen molar-refractivity contribution in [2.75, 3.05) is 6.54 Å². The minimum absolute atomic E-state index is 0.0383. The number of hydroxylamine groups is 2. The fraction of sp³-hybridized carbons (Fsp3) is 0.588. The van der Waals surface area contributed by atoms with E-state index in [1.54, 1.807) is 13.8 Å². The lowest BCUT2D eigenvalue weighted by Crippen LogP contribution is -2.36. The molecule has 0 aromatic rings. The van der Waals surface area contributed by atoms with Crippen LogP contribution in [0.4, 0.5) is 4.79 Å². The van der Waals surface area contributed by atoms with Gasteiger partial charge in [0.15, 0.2) is 0 Å². The number of nitrogens with zero attached hydrogens (tertiary/aromatic N) is 1. The van der Waals surface area contributed by atoms with Gasteiger partial charge in [0.05, 0.1) is 0 Å². The van der Waals surface area contributed by atoms with Gasteiger partial charge in [-0.3, -0.25) is 24.0 Å². The summed E-state index contributed by atoms with van der Waals surface area (Å²) in [7, 11) is 0. The summed E-state index contributed by atoms with van der Waals surface area (Å²) in [5.74, 6) is -0.917. The van der Waals surface area contributed by atoms with E-state index in [4.69, 9.17) is 15.9 Å². The van der Waals surface area contributed by atoms with Crippen molar-refractivity contribution in [2.24, 2.45) is 5.92 Å². The molecule has 0 aliphatic carbocycles. The highest BCUT2D eigenvalue weighted by atomic mass is 16.9. The van der Waals surface area contributed by atoms with E-state index in [0.717, 1.165) is 0 Å². The predicted octanol–water partition coefficient (Wildman–Crippen LogP) is 0.649. The third-order valence-electron chi connectivity index (χ3n) is 3.40. The first-order valence-corrected chi connectivity index (χ1v) is 8.43. The molecule has 0 saturated carbocycles. The topological polar surface area (TPSA) is 128 Å². The van der Waals surface area contributed by atoms with Gasteiger partial charge < -0.3 is 14.8 Å². The molecule has 1 fully saturated rings. The number of unbranched alkanes of at least 4 members (excludes halogenated alkanes) is 1. The fourth-order valence-corrected chi connectivity index (χ4v) is 1.98. The Kier molecular flexibility index (Phi) is 8.78. The molecule has 1 atom stereocenters. The summed E-state index contributed by atoms with van der Waals surface area (Å²) >= 11 is 0. The van der Waals surface area contributed by atoms with Crippen LogP contribution in [0.15, 0.2) is 0 Å². The van der Waals surface area contributed by atoms with Gasteiger partial charge >= 0.3 is 12.1 Å². The van der Waals surface area contributed by atoms with Crippen LogP contribution in [0.1, 0.15) is 46.0 Å². The lowest BCUT2D eigenvalue weighted by molar-refractivity contribution is -0.199. The molecule has 0 radical (unpaired) electrons. The van der Waals surface area contributed by atoms with Crippen molar-refractivity contribution in [3.8, 4) is 12.3 Å². The van der Waals surface area contributed by atoms with E-state index in [2.05, 4.69) is 10.2 Å². The smallest absolute Gasteiger partial charge is 0.425 e. The molecule has 148 valence electrons. The Bertz CT molecular complexity index is 621. The van der Waals surface area contributed by atoms with Crippen LogP contribution in [0, 0.1) is 18.3 Å². The lowest BCUT2D eigenvalue weighted by atomic mass is 10.2. The minimum atomic E-state index is -1.32. The van der Waals surface area contributed by atoms with Gasteiger partial charge in [-0.15, -0.1) is 6.42 Å². The van der Waals surface area contributed by atoms with Crippen LogP contribution in [0.5, 0.6) is 0 Å². The molecule has 0 aromatic carbocycles. The first-order valence-electron chi connectivity index (χ1n) is 8.43. The zero-order valence-corrected chi connectivity index (χ0v) is 15.2. The van der Waals surface area contributed by atoms with Gasteiger partial charge in [0.25, 0.3) is 24.0 Å². The van der Waals surface area contributed by atoms with Crippen LogP contribution in [-0.4, -0.2) is 47.7 Å². The van der Waals surface area contributed by atoms with Crippen LogP contribution in [-0.2, 0) is 33.5 Å². The number of terminal acetylenes is 1. The molecule has 27 heavy (non-hydrogen) atoms. The number of hydrogen-bond acceptors (Lipinski definition) is 8. The van der Waals surface area contributed by atoms with Crippen molar-refractivity contribution in [1.82, 2.24) is 10.4 Å². The molecule has 1 N–H and O–H groups in total. The zero-order chi connectivity index (χ0) is 20.4. The van der Waals surface area contributed by atoms with Crippen LogP contribution >= 0.6 is 0 Å². The second kappa shape index (κ2) is 10.8. The van der Waals surface area contributed by atoms with E-state index in [9.17, 15) is 24.0 Å². The van der Waals surface area contributed by atoms with Crippen molar-refractivity contribution in [2.45, 2.75) is 52.2 Å². The summed E-state index contributed by atoms with van der Waals surface area (Å²) in [6.07, 6.45) is 3.23. The van der Waals surface area contributed by atoms with Crippen molar-refractivity contribution in [1.29, 1.82) is 0 Å². The highest BCUT2D eigenvalue weighted by Crippen LogP contribution is 2.16. The maximum absolute atomic E-state index is 11.8. The SMILES string of the molecule is C#CC(=O)NCCCCC(=O)OC(OC(=O)ON1C(=O)CCC1=O)C(C)C. The number of ether oxygens (including phenoxy) is 2. The highest BCUT2D eigenvalue weighted by Gasteiger charge is 2.34. The van der Waals surface area contributed by atoms with Gasteiger partial charge in [-0.1, -0.05) is 18.9 Å². The number of esters is 1. The summed E-state index contributed by atoms with van der Waals surface area (Å²) in [6.45, 7) is 3.62. The van der Waals surface area contributed by atoms with E-state index in [0.29, 0.717) is 24.4 Å². The van der Waals surface area contributed by atoms with Gasteiger partial charge in [-0.2, -0.15) is 0 Å². The average Bonchev–Trinajstić information content (AvgIpc) is 2.92. The van der Waals surface area contributed by atoms with E-state index in [-0.39, 0.29) is 25.2 Å².